The van der Waals surface area contributed by atoms with Crippen LogP contribution >= 0.6 is 11.6 Å². The molecule has 17 heavy (non-hydrogen) atoms. The number of ether oxygens (including phenoxy) is 3. The van der Waals surface area contributed by atoms with E-state index in [2.05, 4.69) is 0 Å². The molecule has 0 spiro atoms. The van der Waals surface area contributed by atoms with Gasteiger partial charge >= 0.3 is 11.9 Å². The van der Waals surface area contributed by atoms with Gasteiger partial charge in [-0.05, 0) is 6.92 Å². The van der Waals surface area contributed by atoms with E-state index >= 15 is 0 Å². The highest BCUT2D eigenvalue weighted by atomic mass is 35.5. The molecule has 2 unspecified atom stereocenters. The predicted octanol–water partition coefficient (Wildman–Crippen LogP) is 0.194. The molecule has 0 amide bonds. The van der Waals surface area contributed by atoms with Crippen molar-refractivity contribution in [1.82, 2.24) is 0 Å². The van der Waals surface area contributed by atoms with Crippen LogP contribution in [-0.4, -0.2) is 47.0 Å². The van der Waals surface area contributed by atoms with Crippen LogP contribution in [0.2, 0.25) is 0 Å². The Morgan fingerprint density at radius 3 is 2.12 bits per heavy atom. The quantitative estimate of drug-likeness (QED) is 0.568. The first kappa shape index (κ1) is 14.2. The van der Waals surface area contributed by atoms with Crippen LogP contribution in [0.25, 0.3) is 0 Å². The zero-order chi connectivity index (χ0) is 13.2. The van der Waals surface area contributed by atoms with Gasteiger partial charge < -0.3 is 19.3 Å². The largest absolute Gasteiger partial charge is 0.457 e. The van der Waals surface area contributed by atoms with Crippen molar-refractivity contribution in [3.05, 3.63) is 0 Å². The Labute approximate surface area is 104 Å². The minimum atomic E-state index is -1.28. The predicted molar refractivity (Wildman–Crippen MR) is 57.3 cm³/mol. The molecule has 0 bridgehead atoms. The topological polar surface area (TPSA) is 82.1 Å². The SMILES string of the molecule is CC(=O)O[C@H]1[C@H](C)OC(O)C(Cl)[C@@H]1OC(C)=O. The number of alkyl halides is 1. The average Bonchev–Trinajstić information content (AvgIpc) is 2.19. The Morgan fingerprint density at radius 2 is 1.65 bits per heavy atom. The van der Waals surface area contributed by atoms with Gasteiger partial charge in [-0.2, -0.15) is 0 Å². The van der Waals surface area contributed by atoms with E-state index in [0.717, 1.165) is 0 Å². The van der Waals surface area contributed by atoms with Crippen LogP contribution in [0.5, 0.6) is 0 Å². The second kappa shape index (κ2) is 5.66. The molecule has 6 nitrogen and oxygen atoms in total. The maximum atomic E-state index is 11.0. The Balaban J connectivity index is 2.86. The van der Waals surface area contributed by atoms with Gasteiger partial charge in [0.2, 0.25) is 0 Å². The summed E-state index contributed by atoms with van der Waals surface area (Å²) in [5.41, 5.74) is 0. The number of hydrogen-bond donors (Lipinski definition) is 1. The van der Waals surface area contributed by atoms with Crippen molar-refractivity contribution in [1.29, 1.82) is 0 Å². The molecule has 0 saturated carbocycles. The van der Waals surface area contributed by atoms with Gasteiger partial charge in [-0.3, -0.25) is 9.59 Å². The van der Waals surface area contributed by atoms with Gasteiger partial charge in [0.25, 0.3) is 0 Å². The highest BCUT2D eigenvalue weighted by molar-refractivity contribution is 6.21. The van der Waals surface area contributed by atoms with E-state index in [1.54, 1.807) is 6.92 Å². The number of aliphatic hydroxyl groups is 1. The smallest absolute Gasteiger partial charge is 0.303 e. The van der Waals surface area contributed by atoms with E-state index in [4.69, 9.17) is 25.8 Å². The first-order chi connectivity index (χ1) is 7.82. The second-order valence-electron chi connectivity index (χ2n) is 3.82. The van der Waals surface area contributed by atoms with E-state index in [-0.39, 0.29) is 0 Å². The van der Waals surface area contributed by atoms with E-state index < -0.39 is 41.9 Å². The van der Waals surface area contributed by atoms with Crippen molar-refractivity contribution >= 4 is 23.5 Å². The van der Waals surface area contributed by atoms with Gasteiger partial charge in [-0.15, -0.1) is 11.6 Å². The fourth-order valence-corrected chi connectivity index (χ4v) is 1.92. The van der Waals surface area contributed by atoms with Crippen LogP contribution in [0.15, 0.2) is 0 Å². The van der Waals surface area contributed by atoms with Crippen molar-refractivity contribution in [3.63, 3.8) is 0 Å². The summed E-state index contributed by atoms with van der Waals surface area (Å²) >= 11 is 5.88. The van der Waals surface area contributed by atoms with Crippen molar-refractivity contribution in [3.8, 4) is 0 Å². The lowest BCUT2D eigenvalue weighted by Crippen LogP contribution is -2.57. The van der Waals surface area contributed by atoms with Crippen molar-refractivity contribution < 1.29 is 28.9 Å². The summed E-state index contributed by atoms with van der Waals surface area (Å²) in [6.45, 7) is 4.03. The van der Waals surface area contributed by atoms with Crippen LogP contribution in [0, 0.1) is 0 Å². The zero-order valence-electron chi connectivity index (χ0n) is 9.75. The first-order valence-electron chi connectivity index (χ1n) is 5.15. The molecule has 1 N–H and O–H groups in total. The fraction of sp³-hybridized carbons (Fsp3) is 0.800. The maximum Gasteiger partial charge on any atom is 0.303 e. The van der Waals surface area contributed by atoms with Crippen LogP contribution in [0.1, 0.15) is 20.8 Å². The molecule has 0 aromatic carbocycles. The highest BCUT2D eigenvalue weighted by Gasteiger charge is 2.46. The summed E-state index contributed by atoms with van der Waals surface area (Å²) in [5, 5.41) is 8.51. The molecule has 5 atom stereocenters. The molecule has 1 saturated heterocycles. The van der Waals surface area contributed by atoms with Crippen LogP contribution in [-0.2, 0) is 23.8 Å². The average molecular weight is 267 g/mol. The second-order valence-corrected chi connectivity index (χ2v) is 4.33. The van der Waals surface area contributed by atoms with Gasteiger partial charge in [-0.1, -0.05) is 0 Å². The number of carbonyl (C=O) groups is 2. The molecule has 98 valence electrons. The van der Waals surface area contributed by atoms with Crippen LogP contribution < -0.4 is 0 Å². The summed E-state index contributed by atoms with van der Waals surface area (Å²) in [6, 6.07) is 0. The summed E-state index contributed by atoms with van der Waals surface area (Å²) in [5.74, 6) is -1.11. The molecular formula is C10H15ClO6. The van der Waals surface area contributed by atoms with Crippen LogP contribution in [0.4, 0.5) is 0 Å². The summed E-state index contributed by atoms with van der Waals surface area (Å²) in [4.78, 5) is 21.9. The molecule has 1 heterocycles. The first-order valence-corrected chi connectivity index (χ1v) is 5.58. The number of aliphatic hydroxyl groups excluding tert-OH is 1. The molecule has 0 aromatic rings. The van der Waals surface area contributed by atoms with Gasteiger partial charge in [0.15, 0.2) is 18.5 Å². The Hall–Kier alpha value is -0.850. The van der Waals surface area contributed by atoms with E-state index in [1.165, 1.54) is 13.8 Å². The molecule has 1 aliphatic heterocycles. The fourth-order valence-electron chi connectivity index (χ4n) is 1.66. The Kier molecular flexibility index (Phi) is 4.73. The third-order valence-electron chi connectivity index (χ3n) is 2.33. The Bertz CT molecular complexity index is 307. The lowest BCUT2D eigenvalue weighted by molar-refractivity contribution is -0.238. The maximum absolute atomic E-state index is 11.0. The number of carbonyl (C=O) groups excluding carboxylic acids is 2. The standard InChI is InChI=1S/C10H15ClO6/c1-4-8(16-5(2)12)9(17-6(3)13)7(11)10(14)15-4/h4,7-10,14H,1-3H3/t4-,7?,8-,9-,10?/m0/s1. The lowest BCUT2D eigenvalue weighted by Gasteiger charge is -2.40. The highest BCUT2D eigenvalue weighted by Crippen LogP contribution is 2.28. The monoisotopic (exact) mass is 266 g/mol. The third-order valence-corrected chi connectivity index (χ3v) is 2.79. The third kappa shape index (κ3) is 3.55. The summed E-state index contributed by atoms with van der Waals surface area (Å²) < 4.78 is 15.0. The normalized spacial score (nSPS) is 37.4. The van der Waals surface area contributed by atoms with E-state index in [1.807, 2.05) is 0 Å². The zero-order valence-corrected chi connectivity index (χ0v) is 10.5. The number of halogens is 1. The van der Waals surface area contributed by atoms with Crippen molar-refractivity contribution in [2.45, 2.75) is 50.8 Å². The van der Waals surface area contributed by atoms with Gasteiger partial charge in [-0.25, -0.2) is 0 Å². The van der Waals surface area contributed by atoms with E-state index in [9.17, 15) is 14.7 Å². The van der Waals surface area contributed by atoms with Crippen LogP contribution in [0.3, 0.4) is 0 Å². The minimum Gasteiger partial charge on any atom is -0.457 e. The molecule has 0 radical (unpaired) electrons. The molecule has 1 fully saturated rings. The molecule has 1 rings (SSSR count). The summed E-state index contributed by atoms with van der Waals surface area (Å²) in [7, 11) is 0. The molecular weight excluding hydrogens is 252 g/mol. The van der Waals surface area contributed by atoms with Gasteiger partial charge in [0.1, 0.15) is 5.38 Å². The lowest BCUT2D eigenvalue weighted by atomic mass is 10.0. The van der Waals surface area contributed by atoms with Crippen molar-refractivity contribution in [2.75, 3.05) is 0 Å². The minimum absolute atomic E-state index is 0.539. The Morgan fingerprint density at radius 1 is 1.18 bits per heavy atom. The number of hydrogen-bond acceptors (Lipinski definition) is 6. The van der Waals surface area contributed by atoms with Gasteiger partial charge in [0.05, 0.1) is 6.10 Å². The van der Waals surface area contributed by atoms with Crippen molar-refractivity contribution in [2.24, 2.45) is 0 Å². The summed E-state index contributed by atoms with van der Waals surface area (Å²) in [6.07, 6.45) is -3.66. The molecule has 7 heteroatoms. The number of rotatable bonds is 2. The number of esters is 2. The molecule has 0 aliphatic carbocycles. The van der Waals surface area contributed by atoms with Gasteiger partial charge in [0, 0.05) is 13.8 Å². The molecule has 1 aliphatic rings. The molecule has 0 aromatic heterocycles. The van der Waals surface area contributed by atoms with E-state index in [0.29, 0.717) is 0 Å².